The van der Waals surface area contributed by atoms with Crippen LogP contribution in [0.2, 0.25) is 0 Å². The zero-order chi connectivity index (χ0) is 13.9. The fraction of sp³-hybridized carbons (Fsp3) is 0.938. The minimum atomic E-state index is -0.0951. The van der Waals surface area contributed by atoms with Gasteiger partial charge in [0.25, 0.3) is 0 Å². The Morgan fingerprint density at radius 2 is 2.21 bits per heavy atom. The Morgan fingerprint density at radius 3 is 2.84 bits per heavy atom. The first kappa shape index (κ1) is 15.0. The highest BCUT2D eigenvalue weighted by Gasteiger charge is 2.39. The molecule has 0 aromatic heterocycles. The third-order valence-corrected chi connectivity index (χ3v) is 4.95. The van der Waals surface area contributed by atoms with Gasteiger partial charge in [0, 0.05) is 24.5 Å². The summed E-state index contributed by atoms with van der Waals surface area (Å²) in [6.45, 7) is 9.37. The molecule has 4 atom stereocenters. The first-order valence-electron chi connectivity index (χ1n) is 7.90. The van der Waals surface area contributed by atoms with E-state index in [0.717, 1.165) is 39.0 Å². The highest BCUT2D eigenvalue weighted by Crippen LogP contribution is 2.39. The number of nitrogens with zero attached hydrogens (tertiary/aromatic N) is 1. The minimum Gasteiger partial charge on any atom is -0.376 e. The van der Waals surface area contributed by atoms with Crippen LogP contribution >= 0.6 is 0 Å². The van der Waals surface area contributed by atoms with Crippen molar-refractivity contribution in [2.45, 2.75) is 65.0 Å². The van der Waals surface area contributed by atoms with Crippen molar-refractivity contribution in [1.82, 2.24) is 4.90 Å². The Balaban J connectivity index is 2.05. The van der Waals surface area contributed by atoms with Crippen molar-refractivity contribution in [3.05, 3.63) is 0 Å². The van der Waals surface area contributed by atoms with E-state index in [-0.39, 0.29) is 5.41 Å². The Morgan fingerprint density at radius 1 is 1.42 bits per heavy atom. The van der Waals surface area contributed by atoms with E-state index in [1.165, 1.54) is 19.1 Å². The number of rotatable bonds is 4. The van der Waals surface area contributed by atoms with E-state index in [1.807, 2.05) is 0 Å². The lowest BCUT2D eigenvalue weighted by molar-refractivity contribution is -0.124. The van der Waals surface area contributed by atoms with E-state index in [2.05, 4.69) is 25.7 Å². The third kappa shape index (κ3) is 3.57. The largest absolute Gasteiger partial charge is 0.376 e. The summed E-state index contributed by atoms with van der Waals surface area (Å²) in [5.74, 6) is 0.692. The molecule has 0 spiro atoms. The molecule has 1 aliphatic heterocycles. The van der Waals surface area contributed by atoms with E-state index in [0.29, 0.717) is 18.1 Å². The molecule has 0 N–H and O–H groups in total. The van der Waals surface area contributed by atoms with Crippen molar-refractivity contribution in [3.63, 3.8) is 0 Å². The highest BCUT2D eigenvalue weighted by molar-refractivity contribution is 5.60. The standard InChI is InChI=1S/C16H29NO2/c1-4-15-10-19-14(3)9-17(15)11-16(12-18)7-5-6-13(2)8-16/h12-15H,4-11H2,1-3H3. The molecule has 1 aliphatic carbocycles. The van der Waals surface area contributed by atoms with Crippen molar-refractivity contribution < 1.29 is 9.53 Å². The molecule has 19 heavy (non-hydrogen) atoms. The van der Waals surface area contributed by atoms with Crippen LogP contribution in [0, 0.1) is 11.3 Å². The fourth-order valence-corrected chi connectivity index (χ4v) is 3.88. The summed E-state index contributed by atoms with van der Waals surface area (Å²) in [6.07, 6.45) is 7.30. The van der Waals surface area contributed by atoms with Gasteiger partial charge >= 0.3 is 0 Å². The second kappa shape index (κ2) is 6.36. The SMILES string of the molecule is CCC1COC(C)CN1CC1(C=O)CCCC(C)C1. The van der Waals surface area contributed by atoms with E-state index < -0.39 is 0 Å². The second-order valence-corrected chi connectivity index (χ2v) is 6.82. The molecule has 1 saturated carbocycles. The van der Waals surface area contributed by atoms with Gasteiger partial charge in [0.15, 0.2) is 0 Å². The van der Waals surface area contributed by atoms with Crippen LogP contribution in [0.15, 0.2) is 0 Å². The summed E-state index contributed by atoms with van der Waals surface area (Å²) < 4.78 is 5.76. The van der Waals surface area contributed by atoms with E-state index in [1.54, 1.807) is 0 Å². The molecule has 3 heteroatoms. The van der Waals surface area contributed by atoms with Gasteiger partial charge in [0.05, 0.1) is 12.7 Å². The molecule has 4 unspecified atom stereocenters. The number of ether oxygens (including phenoxy) is 1. The molecule has 1 saturated heterocycles. The summed E-state index contributed by atoms with van der Waals surface area (Å²) in [6, 6.07) is 0.491. The van der Waals surface area contributed by atoms with Crippen LogP contribution in [0.1, 0.15) is 52.9 Å². The molecule has 0 aromatic carbocycles. The summed E-state index contributed by atoms with van der Waals surface area (Å²) in [5.41, 5.74) is -0.0951. The van der Waals surface area contributed by atoms with Crippen LogP contribution < -0.4 is 0 Å². The minimum absolute atomic E-state index is 0.0951. The Labute approximate surface area is 117 Å². The van der Waals surface area contributed by atoms with Gasteiger partial charge in [-0.1, -0.05) is 26.7 Å². The number of carbonyl (C=O) groups excluding carboxylic acids is 1. The maximum absolute atomic E-state index is 11.7. The third-order valence-electron chi connectivity index (χ3n) is 4.95. The van der Waals surface area contributed by atoms with Crippen LogP contribution in [0.3, 0.4) is 0 Å². The van der Waals surface area contributed by atoms with Crippen LogP contribution in [-0.2, 0) is 9.53 Å². The van der Waals surface area contributed by atoms with Crippen LogP contribution in [0.25, 0.3) is 0 Å². The summed E-state index contributed by atoms with van der Waals surface area (Å²) in [4.78, 5) is 14.2. The molecule has 0 radical (unpaired) electrons. The van der Waals surface area contributed by atoms with Gasteiger partial charge in [-0.15, -0.1) is 0 Å². The van der Waals surface area contributed by atoms with Gasteiger partial charge in [-0.25, -0.2) is 0 Å². The predicted octanol–water partition coefficient (Wildman–Crippen LogP) is 2.88. The zero-order valence-electron chi connectivity index (χ0n) is 12.7. The normalized spacial score (nSPS) is 41.1. The number of morpholine rings is 1. The van der Waals surface area contributed by atoms with Gasteiger partial charge < -0.3 is 9.53 Å². The van der Waals surface area contributed by atoms with Crippen molar-refractivity contribution in [3.8, 4) is 0 Å². The maximum atomic E-state index is 11.7. The Bertz CT molecular complexity index is 307. The fourth-order valence-electron chi connectivity index (χ4n) is 3.88. The van der Waals surface area contributed by atoms with Crippen LogP contribution in [-0.4, -0.2) is 43.0 Å². The molecular weight excluding hydrogens is 238 g/mol. The number of hydrogen-bond acceptors (Lipinski definition) is 3. The molecule has 2 fully saturated rings. The van der Waals surface area contributed by atoms with Crippen LogP contribution in [0.5, 0.6) is 0 Å². The lowest BCUT2D eigenvalue weighted by Gasteiger charge is -2.45. The summed E-state index contributed by atoms with van der Waals surface area (Å²) >= 11 is 0. The van der Waals surface area contributed by atoms with Gasteiger partial charge in [0.2, 0.25) is 0 Å². The lowest BCUT2D eigenvalue weighted by atomic mass is 9.70. The first-order valence-corrected chi connectivity index (χ1v) is 7.90. The summed E-state index contributed by atoms with van der Waals surface area (Å²) in [5, 5.41) is 0. The molecule has 3 nitrogen and oxygen atoms in total. The first-order chi connectivity index (χ1) is 9.08. The molecular formula is C16H29NO2. The summed E-state index contributed by atoms with van der Waals surface area (Å²) in [7, 11) is 0. The molecule has 2 rings (SSSR count). The molecule has 2 aliphatic rings. The predicted molar refractivity (Wildman–Crippen MR) is 77.2 cm³/mol. The quantitative estimate of drug-likeness (QED) is 0.734. The lowest BCUT2D eigenvalue weighted by Crippen LogP contribution is -2.53. The number of hydrogen-bond donors (Lipinski definition) is 0. The maximum Gasteiger partial charge on any atom is 0.127 e. The number of aldehydes is 1. The monoisotopic (exact) mass is 267 g/mol. The van der Waals surface area contributed by atoms with E-state index in [9.17, 15) is 4.79 Å². The number of carbonyl (C=O) groups is 1. The second-order valence-electron chi connectivity index (χ2n) is 6.82. The van der Waals surface area contributed by atoms with Crippen LogP contribution in [0.4, 0.5) is 0 Å². The molecule has 1 heterocycles. The van der Waals surface area contributed by atoms with E-state index in [4.69, 9.17) is 4.74 Å². The van der Waals surface area contributed by atoms with Gasteiger partial charge in [-0.05, 0) is 32.1 Å². The Hall–Kier alpha value is -0.410. The van der Waals surface area contributed by atoms with Gasteiger partial charge in [0.1, 0.15) is 6.29 Å². The average Bonchev–Trinajstić information content (AvgIpc) is 2.39. The van der Waals surface area contributed by atoms with Crippen molar-refractivity contribution in [2.75, 3.05) is 19.7 Å². The molecule has 0 aromatic rings. The smallest absolute Gasteiger partial charge is 0.127 e. The molecule has 110 valence electrons. The van der Waals surface area contributed by atoms with Crippen molar-refractivity contribution in [1.29, 1.82) is 0 Å². The molecule has 0 bridgehead atoms. The topological polar surface area (TPSA) is 29.5 Å². The van der Waals surface area contributed by atoms with Crippen molar-refractivity contribution >= 4 is 6.29 Å². The van der Waals surface area contributed by atoms with E-state index >= 15 is 0 Å². The highest BCUT2D eigenvalue weighted by atomic mass is 16.5. The zero-order valence-corrected chi connectivity index (χ0v) is 12.7. The van der Waals surface area contributed by atoms with Gasteiger partial charge in [-0.2, -0.15) is 0 Å². The molecule has 0 amide bonds. The van der Waals surface area contributed by atoms with Crippen molar-refractivity contribution in [2.24, 2.45) is 11.3 Å². The average molecular weight is 267 g/mol. The van der Waals surface area contributed by atoms with Gasteiger partial charge in [-0.3, -0.25) is 4.90 Å². The Kier molecular flexibility index (Phi) is 5.02.